The monoisotopic (exact) mass is 293 g/mol. The van der Waals surface area contributed by atoms with Crippen LogP contribution >= 0.6 is 0 Å². The second-order valence-electron chi connectivity index (χ2n) is 4.16. The third kappa shape index (κ3) is 2.99. The van der Waals surface area contributed by atoms with Crippen molar-refractivity contribution in [3.05, 3.63) is 63.3 Å². The number of rotatable bonds is 3. The van der Waals surface area contributed by atoms with E-state index < -0.39 is 33.7 Å². The number of nitrogens with zero attached hydrogens (tertiary/aromatic N) is 2. The number of hydrogen-bond donors (Lipinski definition) is 1. The van der Waals surface area contributed by atoms with Crippen molar-refractivity contribution in [3.63, 3.8) is 0 Å². The number of carbonyl (C=O) groups excluding carboxylic acids is 1. The van der Waals surface area contributed by atoms with Crippen LogP contribution in [-0.4, -0.2) is 15.8 Å². The smallest absolute Gasteiger partial charge is 0.285 e. The summed E-state index contributed by atoms with van der Waals surface area (Å²) in [7, 11) is 0. The molecule has 2 rings (SSSR count). The summed E-state index contributed by atoms with van der Waals surface area (Å²) in [5, 5.41) is 13.2. The number of benzene rings is 1. The van der Waals surface area contributed by atoms with Gasteiger partial charge in [0.1, 0.15) is 11.4 Å². The Labute approximate surface area is 117 Å². The largest absolute Gasteiger partial charge is 0.306 e. The van der Waals surface area contributed by atoms with Crippen molar-refractivity contribution in [2.75, 3.05) is 5.32 Å². The van der Waals surface area contributed by atoms with Crippen LogP contribution in [0.1, 0.15) is 15.9 Å². The first kappa shape index (κ1) is 14.5. The van der Waals surface area contributed by atoms with Crippen LogP contribution in [-0.2, 0) is 0 Å². The lowest BCUT2D eigenvalue weighted by Crippen LogP contribution is -2.16. The van der Waals surface area contributed by atoms with Crippen LogP contribution < -0.4 is 5.32 Å². The number of aryl methyl sites for hydroxylation is 1. The molecule has 1 aromatic heterocycles. The predicted octanol–water partition coefficient (Wildman–Crippen LogP) is 2.83. The third-order valence-corrected chi connectivity index (χ3v) is 2.72. The van der Waals surface area contributed by atoms with Gasteiger partial charge in [0.2, 0.25) is 0 Å². The average Bonchev–Trinajstić information content (AvgIpc) is 2.43. The van der Waals surface area contributed by atoms with Gasteiger partial charge < -0.3 is 5.32 Å². The summed E-state index contributed by atoms with van der Waals surface area (Å²) in [6.45, 7) is 1.67. The molecule has 0 saturated carbocycles. The lowest BCUT2D eigenvalue weighted by molar-refractivity contribution is -0.385. The molecule has 0 bridgehead atoms. The van der Waals surface area contributed by atoms with Crippen molar-refractivity contribution in [1.29, 1.82) is 0 Å². The summed E-state index contributed by atoms with van der Waals surface area (Å²) in [4.78, 5) is 25.8. The van der Waals surface area contributed by atoms with Gasteiger partial charge in [-0.1, -0.05) is 6.07 Å². The number of nitro groups is 1. The maximum Gasteiger partial charge on any atom is 0.285 e. The molecule has 108 valence electrons. The number of halogens is 2. The highest BCUT2D eigenvalue weighted by Gasteiger charge is 2.24. The first-order chi connectivity index (χ1) is 9.90. The van der Waals surface area contributed by atoms with Gasteiger partial charge >= 0.3 is 0 Å². The van der Waals surface area contributed by atoms with E-state index in [-0.39, 0.29) is 5.82 Å². The van der Waals surface area contributed by atoms with Gasteiger partial charge in [-0.15, -0.1) is 0 Å². The molecule has 21 heavy (non-hydrogen) atoms. The molecule has 1 N–H and O–H groups in total. The zero-order chi connectivity index (χ0) is 15.6. The van der Waals surface area contributed by atoms with E-state index in [2.05, 4.69) is 10.3 Å². The van der Waals surface area contributed by atoms with Crippen LogP contribution in [0.2, 0.25) is 0 Å². The number of amides is 1. The van der Waals surface area contributed by atoms with Crippen molar-refractivity contribution < 1.29 is 18.5 Å². The van der Waals surface area contributed by atoms with Gasteiger partial charge in [-0.05, 0) is 24.6 Å². The molecule has 0 aliphatic heterocycles. The Kier molecular flexibility index (Phi) is 3.88. The Morgan fingerprint density at radius 1 is 1.33 bits per heavy atom. The minimum atomic E-state index is -1.40. The zero-order valence-electron chi connectivity index (χ0n) is 10.8. The van der Waals surface area contributed by atoms with Gasteiger partial charge in [-0.3, -0.25) is 14.9 Å². The summed E-state index contributed by atoms with van der Waals surface area (Å²) in [6, 6.07) is 4.17. The molecule has 0 fully saturated rings. The van der Waals surface area contributed by atoms with Crippen molar-refractivity contribution >= 4 is 17.4 Å². The SMILES string of the molecule is Cc1cccnc1NC(=O)c1cc(F)c(F)cc1[N+](=O)[O-]. The van der Waals surface area contributed by atoms with Crippen LogP contribution in [0.25, 0.3) is 0 Å². The molecular formula is C13H9F2N3O3. The summed E-state index contributed by atoms with van der Waals surface area (Å²) < 4.78 is 26.3. The number of nitro benzene ring substituents is 1. The fraction of sp³-hybridized carbons (Fsp3) is 0.0769. The van der Waals surface area contributed by atoms with Gasteiger partial charge in [0.05, 0.1) is 11.0 Å². The van der Waals surface area contributed by atoms with Gasteiger partial charge in [-0.25, -0.2) is 13.8 Å². The summed E-state index contributed by atoms with van der Waals surface area (Å²) >= 11 is 0. The Balaban J connectivity index is 2.42. The molecule has 0 aliphatic carbocycles. The first-order valence-corrected chi connectivity index (χ1v) is 5.76. The van der Waals surface area contributed by atoms with E-state index in [4.69, 9.17) is 0 Å². The molecule has 1 aromatic carbocycles. The van der Waals surface area contributed by atoms with Crippen LogP contribution in [0.3, 0.4) is 0 Å². The fourth-order valence-corrected chi connectivity index (χ4v) is 1.66. The molecule has 0 atom stereocenters. The molecule has 1 heterocycles. The third-order valence-electron chi connectivity index (χ3n) is 2.72. The van der Waals surface area contributed by atoms with Crippen molar-refractivity contribution in [1.82, 2.24) is 4.98 Å². The van der Waals surface area contributed by atoms with E-state index in [9.17, 15) is 23.7 Å². The highest BCUT2D eigenvalue weighted by atomic mass is 19.2. The number of nitrogens with one attached hydrogen (secondary N) is 1. The highest BCUT2D eigenvalue weighted by molar-refractivity contribution is 6.06. The van der Waals surface area contributed by atoms with E-state index in [1.807, 2.05) is 0 Å². The number of aromatic nitrogens is 1. The van der Waals surface area contributed by atoms with Crippen molar-refractivity contribution in [2.45, 2.75) is 6.92 Å². The predicted molar refractivity (Wildman–Crippen MR) is 69.9 cm³/mol. The quantitative estimate of drug-likeness (QED) is 0.696. The standard InChI is InChI=1S/C13H9F2N3O3/c1-7-3-2-4-16-12(7)17-13(19)8-5-9(14)10(15)6-11(8)18(20)21/h2-6H,1H3,(H,16,17,19). The minimum Gasteiger partial charge on any atom is -0.306 e. The molecule has 1 amide bonds. The zero-order valence-corrected chi connectivity index (χ0v) is 10.8. The van der Waals surface area contributed by atoms with Crippen LogP contribution in [0.15, 0.2) is 30.5 Å². The summed E-state index contributed by atoms with van der Waals surface area (Å²) in [5.74, 6) is -3.50. The van der Waals surface area contributed by atoms with E-state index in [0.29, 0.717) is 17.7 Å². The molecule has 2 aromatic rings. The van der Waals surface area contributed by atoms with Crippen molar-refractivity contribution in [2.24, 2.45) is 0 Å². The molecule has 0 radical (unpaired) electrons. The van der Waals surface area contributed by atoms with Gasteiger partial charge in [0, 0.05) is 6.20 Å². The highest BCUT2D eigenvalue weighted by Crippen LogP contribution is 2.23. The Hall–Kier alpha value is -2.90. The minimum absolute atomic E-state index is 0.182. The van der Waals surface area contributed by atoms with Gasteiger partial charge in [0.15, 0.2) is 11.6 Å². The van der Waals surface area contributed by atoms with Gasteiger partial charge in [0.25, 0.3) is 11.6 Å². The van der Waals surface area contributed by atoms with E-state index in [1.54, 1.807) is 19.1 Å². The molecule has 0 unspecified atom stereocenters. The Bertz CT molecular complexity index is 735. The fourth-order valence-electron chi connectivity index (χ4n) is 1.66. The van der Waals surface area contributed by atoms with Crippen LogP contribution in [0.5, 0.6) is 0 Å². The Morgan fingerprint density at radius 3 is 2.62 bits per heavy atom. The first-order valence-electron chi connectivity index (χ1n) is 5.76. The maximum absolute atomic E-state index is 13.2. The topological polar surface area (TPSA) is 85.1 Å². The van der Waals surface area contributed by atoms with E-state index in [1.165, 1.54) is 6.20 Å². The normalized spacial score (nSPS) is 10.2. The number of pyridine rings is 1. The molecule has 0 spiro atoms. The summed E-state index contributed by atoms with van der Waals surface area (Å²) in [5.41, 5.74) is -0.778. The van der Waals surface area contributed by atoms with Crippen molar-refractivity contribution in [3.8, 4) is 0 Å². The van der Waals surface area contributed by atoms with Gasteiger partial charge in [-0.2, -0.15) is 0 Å². The number of anilines is 1. The second kappa shape index (κ2) is 5.61. The lowest BCUT2D eigenvalue weighted by Gasteiger charge is -2.07. The lowest BCUT2D eigenvalue weighted by atomic mass is 10.1. The molecule has 0 saturated heterocycles. The van der Waals surface area contributed by atoms with Crippen LogP contribution in [0.4, 0.5) is 20.3 Å². The number of carbonyl (C=O) groups is 1. The van der Waals surface area contributed by atoms with E-state index >= 15 is 0 Å². The Morgan fingerprint density at radius 2 is 2.00 bits per heavy atom. The van der Waals surface area contributed by atoms with Crippen LogP contribution in [0, 0.1) is 28.7 Å². The summed E-state index contributed by atoms with van der Waals surface area (Å²) in [6.07, 6.45) is 1.42. The number of hydrogen-bond acceptors (Lipinski definition) is 4. The molecule has 6 nitrogen and oxygen atoms in total. The second-order valence-corrected chi connectivity index (χ2v) is 4.16. The van der Waals surface area contributed by atoms with E-state index in [0.717, 1.165) is 0 Å². The molecule has 0 aliphatic rings. The maximum atomic E-state index is 13.2. The molecular weight excluding hydrogens is 284 g/mol. The average molecular weight is 293 g/mol. The molecule has 8 heteroatoms.